The predicted octanol–water partition coefficient (Wildman–Crippen LogP) is 3.39. The minimum atomic E-state index is -0.543. The number of rotatable bonds is 4. The quantitative estimate of drug-likeness (QED) is 0.904. The van der Waals surface area contributed by atoms with Crippen molar-refractivity contribution in [1.82, 2.24) is 0 Å². The van der Waals surface area contributed by atoms with Crippen LogP contribution in [0.4, 0.5) is 16.2 Å². The first-order chi connectivity index (χ1) is 10.1. The maximum atomic E-state index is 11.7. The zero-order valence-corrected chi connectivity index (χ0v) is 11.6. The summed E-state index contributed by atoms with van der Waals surface area (Å²) in [5.41, 5.74) is 2.09. The van der Waals surface area contributed by atoms with Gasteiger partial charge in [-0.1, -0.05) is 36.4 Å². The van der Waals surface area contributed by atoms with Crippen molar-refractivity contribution in [3.8, 4) is 0 Å². The van der Waals surface area contributed by atoms with Crippen LogP contribution >= 0.6 is 0 Å². The van der Waals surface area contributed by atoms with Crippen LogP contribution in [0.2, 0.25) is 0 Å². The van der Waals surface area contributed by atoms with Gasteiger partial charge >= 0.3 is 6.09 Å². The molecular weight excluding hydrogens is 268 g/mol. The largest absolute Gasteiger partial charge is 0.444 e. The fourth-order valence-corrected chi connectivity index (χ4v) is 1.76. The Labute approximate surface area is 122 Å². The Balaban J connectivity index is 1.89. The molecule has 2 rings (SSSR count). The normalized spacial score (nSPS) is 9.76. The molecule has 2 aromatic carbocycles. The van der Waals surface area contributed by atoms with E-state index in [1.807, 2.05) is 30.3 Å². The number of amides is 2. The minimum absolute atomic E-state index is 0.168. The van der Waals surface area contributed by atoms with E-state index in [1.165, 1.54) is 6.92 Å². The maximum Gasteiger partial charge on any atom is 0.411 e. The molecule has 2 amide bonds. The van der Waals surface area contributed by atoms with Gasteiger partial charge in [-0.25, -0.2) is 4.79 Å². The molecule has 21 heavy (non-hydrogen) atoms. The van der Waals surface area contributed by atoms with Gasteiger partial charge in [0, 0.05) is 18.3 Å². The Morgan fingerprint density at radius 1 is 0.952 bits per heavy atom. The van der Waals surface area contributed by atoms with Crippen LogP contribution in [0.25, 0.3) is 0 Å². The first-order valence-corrected chi connectivity index (χ1v) is 6.49. The molecule has 108 valence electrons. The lowest BCUT2D eigenvalue weighted by molar-refractivity contribution is -0.114. The average Bonchev–Trinajstić information content (AvgIpc) is 2.46. The number of carbonyl (C=O) groups is 2. The van der Waals surface area contributed by atoms with E-state index in [-0.39, 0.29) is 12.5 Å². The molecule has 0 radical (unpaired) electrons. The lowest BCUT2D eigenvalue weighted by atomic mass is 10.2. The lowest BCUT2D eigenvalue weighted by Gasteiger charge is -2.08. The average molecular weight is 284 g/mol. The Morgan fingerprint density at radius 2 is 1.62 bits per heavy atom. The smallest absolute Gasteiger partial charge is 0.411 e. The summed E-state index contributed by atoms with van der Waals surface area (Å²) >= 11 is 0. The van der Waals surface area contributed by atoms with Crippen LogP contribution in [0.3, 0.4) is 0 Å². The van der Waals surface area contributed by atoms with Gasteiger partial charge in [0.1, 0.15) is 6.61 Å². The van der Waals surface area contributed by atoms with Gasteiger partial charge < -0.3 is 10.1 Å². The van der Waals surface area contributed by atoms with Crippen LogP contribution in [0.15, 0.2) is 54.6 Å². The molecule has 0 aliphatic heterocycles. The number of benzene rings is 2. The van der Waals surface area contributed by atoms with E-state index in [0.29, 0.717) is 11.4 Å². The molecule has 0 heterocycles. The van der Waals surface area contributed by atoms with Gasteiger partial charge in [0.25, 0.3) is 0 Å². The van der Waals surface area contributed by atoms with Crippen molar-refractivity contribution in [2.75, 3.05) is 10.6 Å². The second kappa shape index (κ2) is 7.09. The van der Waals surface area contributed by atoms with Crippen LogP contribution in [-0.4, -0.2) is 12.0 Å². The van der Waals surface area contributed by atoms with E-state index in [1.54, 1.807) is 24.3 Å². The number of hydrogen-bond donors (Lipinski definition) is 2. The van der Waals surface area contributed by atoms with E-state index in [9.17, 15) is 9.59 Å². The minimum Gasteiger partial charge on any atom is -0.444 e. The second-order valence-corrected chi connectivity index (χ2v) is 4.45. The molecule has 0 atom stereocenters. The molecule has 2 aromatic rings. The summed E-state index contributed by atoms with van der Waals surface area (Å²) < 4.78 is 5.12. The highest BCUT2D eigenvalue weighted by Crippen LogP contribution is 2.15. The topological polar surface area (TPSA) is 67.4 Å². The van der Waals surface area contributed by atoms with Gasteiger partial charge in [-0.2, -0.15) is 0 Å². The molecule has 0 saturated carbocycles. The summed E-state index contributed by atoms with van der Waals surface area (Å²) in [6, 6.07) is 16.3. The highest BCUT2D eigenvalue weighted by Gasteiger charge is 2.04. The first-order valence-electron chi connectivity index (χ1n) is 6.49. The Morgan fingerprint density at radius 3 is 2.29 bits per heavy atom. The molecule has 0 aliphatic rings. The van der Waals surface area contributed by atoms with Crippen molar-refractivity contribution in [2.24, 2.45) is 0 Å². The fourth-order valence-electron chi connectivity index (χ4n) is 1.76. The van der Waals surface area contributed by atoms with Gasteiger partial charge in [0.2, 0.25) is 5.91 Å². The molecule has 0 aliphatic carbocycles. The zero-order valence-electron chi connectivity index (χ0n) is 11.6. The van der Waals surface area contributed by atoms with Crippen molar-refractivity contribution in [1.29, 1.82) is 0 Å². The number of anilines is 2. The van der Waals surface area contributed by atoms with Crippen molar-refractivity contribution < 1.29 is 14.3 Å². The van der Waals surface area contributed by atoms with Crippen molar-refractivity contribution >= 4 is 23.4 Å². The molecular formula is C16H16N2O3. The van der Waals surface area contributed by atoms with Crippen molar-refractivity contribution in [3.63, 3.8) is 0 Å². The van der Waals surface area contributed by atoms with Crippen molar-refractivity contribution in [3.05, 3.63) is 60.2 Å². The summed E-state index contributed by atoms with van der Waals surface area (Å²) in [7, 11) is 0. The van der Waals surface area contributed by atoms with Crippen LogP contribution in [0, 0.1) is 0 Å². The molecule has 2 N–H and O–H groups in total. The molecule has 5 heteroatoms. The Bertz CT molecular complexity index is 626. The van der Waals surface area contributed by atoms with Gasteiger partial charge in [0.15, 0.2) is 0 Å². The lowest BCUT2D eigenvalue weighted by Crippen LogP contribution is -2.14. The van der Waals surface area contributed by atoms with Gasteiger partial charge in [-0.05, 0) is 23.8 Å². The van der Waals surface area contributed by atoms with E-state index in [0.717, 1.165) is 5.56 Å². The van der Waals surface area contributed by atoms with E-state index >= 15 is 0 Å². The van der Waals surface area contributed by atoms with Crippen molar-refractivity contribution in [2.45, 2.75) is 13.5 Å². The highest BCUT2D eigenvalue weighted by atomic mass is 16.5. The molecule has 0 unspecified atom stereocenters. The predicted molar refractivity (Wildman–Crippen MR) is 81.0 cm³/mol. The summed E-state index contributed by atoms with van der Waals surface area (Å²) in [6.07, 6.45) is -0.543. The molecule has 0 bridgehead atoms. The summed E-state index contributed by atoms with van der Waals surface area (Å²) in [5, 5.41) is 5.26. The molecule has 0 spiro atoms. The van der Waals surface area contributed by atoms with Crippen LogP contribution in [0.5, 0.6) is 0 Å². The molecule has 0 fully saturated rings. The Hall–Kier alpha value is -2.82. The summed E-state index contributed by atoms with van der Waals surface area (Å²) in [5.74, 6) is -0.168. The number of ether oxygens (including phenoxy) is 1. The maximum absolute atomic E-state index is 11.7. The number of nitrogens with one attached hydrogen (secondary N) is 2. The standard InChI is InChI=1S/C16H16N2O3/c1-12(19)17-14-8-5-9-15(10-14)18-16(20)21-11-13-6-3-2-4-7-13/h2-10H,11H2,1H3,(H,17,19)(H,18,20). The monoisotopic (exact) mass is 284 g/mol. The zero-order chi connectivity index (χ0) is 15.1. The molecule has 0 aromatic heterocycles. The molecule has 0 saturated heterocycles. The van der Waals surface area contributed by atoms with Gasteiger partial charge in [-0.15, -0.1) is 0 Å². The third-order valence-corrected chi connectivity index (χ3v) is 2.64. The first kappa shape index (κ1) is 14.6. The van der Waals surface area contributed by atoms with Crippen LogP contribution in [0.1, 0.15) is 12.5 Å². The van der Waals surface area contributed by atoms with Gasteiger partial charge in [-0.3, -0.25) is 10.1 Å². The van der Waals surface area contributed by atoms with Gasteiger partial charge in [0.05, 0.1) is 0 Å². The summed E-state index contributed by atoms with van der Waals surface area (Å²) in [4.78, 5) is 22.7. The fraction of sp³-hybridized carbons (Fsp3) is 0.125. The third kappa shape index (κ3) is 4.99. The second-order valence-electron chi connectivity index (χ2n) is 4.45. The van der Waals surface area contributed by atoms with E-state index in [2.05, 4.69) is 10.6 Å². The van der Waals surface area contributed by atoms with E-state index in [4.69, 9.17) is 4.74 Å². The highest BCUT2D eigenvalue weighted by molar-refractivity contribution is 5.90. The third-order valence-electron chi connectivity index (χ3n) is 2.64. The van der Waals surface area contributed by atoms with E-state index < -0.39 is 6.09 Å². The van der Waals surface area contributed by atoms with Crippen LogP contribution in [-0.2, 0) is 16.1 Å². The number of carbonyl (C=O) groups excluding carboxylic acids is 2. The SMILES string of the molecule is CC(=O)Nc1cccc(NC(=O)OCc2ccccc2)c1. The van der Waals surface area contributed by atoms with Crippen LogP contribution < -0.4 is 10.6 Å². The summed E-state index contributed by atoms with van der Waals surface area (Å²) in [6.45, 7) is 1.63. The number of hydrogen-bond acceptors (Lipinski definition) is 3. The Kier molecular flexibility index (Phi) is 4.93. The molecule has 5 nitrogen and oxygen atoms in total.